The van der Waals surface area contributed by atoms with Gasteiger partial charge in [-0.1, -0.05) is 0 Å². The number of carbonyl (C=O) groups is 2. The van der Waals surface area contributed by atoms with Gasteiger partial charge in [-0.05, 0) is 24.3 Å². The lowest BCUT2D eigenvalue weighted by Crippen LogP contribution is -2.37. The van der Waals surface area contributed by atoms with Gasteiger partial charge in [0, 0.05) is 36.6 Å². The quantitative estimate of drug-likeness (QED) is 0.802. The van der Waals surface area contributed by atoms with Gasteiger partial charge < -0.3 is 29.2 Å². The Labute approximate surface area is 167 Å². The molecule has 2 aliphatic heterocycles. The number of nitrogens with zero attached hydrogens (tertiary/aromatic N) is 2. The number of carbonyl (C=O) groups excluding carboxylic acids is 2. The van der Waals surface area contributed by atoms with Gasteiger partial charge >= 0.3 is 6.03 Å². The van der Waals surface area contributed by atoms with Gasteiger partial charge in [-0.15, -0.1) is 0 Å². The van der Waals surface area contributed by atoms with Crippen LogP contribution in [0.25, 0.3) is 0 Å². The summed E-state index contributed by atoms with van der Waals surface area (Å²) in [7, 11) is 3.10. The van der Waals surface area contributed by atoms with Gasteiger partial charge in [-0.2, -0.15) is 0 Å². The summed E-state index contributed by atoms with van der Waals surface area (Å²) >= 11 is 0. The summed E-state index contributed by atoms with van der Waals surface area (Å²) in [4.78, 5) is 28.3. The van der Waals surface area contributed by atoms with Crippen LogP contribution in [0.4, 0.5) is 16.2 Å². The van der Waals surface area contributed by atoms with E-state index in [1.807, 2.05) is 0 Å². The predicted octanol–water partition coefficient (Wildman–Crippen LogP) is 2.31. The lowest BCUT2D eigenvalue weighted by atomic mass is 10.2. The van der Waals surface area contributed by atoms with Gasteiger partial charge in [-0.3, -0.25) is 9.69 Å². The number of ether oxygens (including phenoxy) is 4. The van der Waals surface area contributed by atoms with Crippen molar-refractivity contribution in [2.75, 3.05) is 50.9 Å². The molecule has 0 radical (unpaired) electrons. The third-order valence-electron chi connectivity index (χ3n) is 4.76. The third kappa shape index (κ3) is 3.71. The highest BCUT2D eigenvalue weighted by Gasteiger charge is 2.31. The van der Waals surface area contributed by atoms with Crippen molar-refractivity contribution in [1.29, 1.82) is 0 Å². The first kappa shape index (κ1) is 18.7. The number of fused-ring (bicyclic) bond motifs is 1. The number of urea groups is 1. The lowest BCUT2D eigenvalue weighted by Gasteiger charge is -2.19. The highest BCUT2D eigenvalue weighted by molar-refractivity contribution is 5.99. The standard InChI is InChI=1S/C20H21N3O6/c1-26-15-6-4-14(10-17(15)27-2)23-8-7-22(20(23)25)11-19(24)21-13-3-5-16-18(9-13)29-12-28-16/h3-6,9-10H,7-8,11-12H2,1-2H3,(H,21,24). The molecule has 0 aromatic heterocycles. The number of hydrogen-bond acceptors (Lipinski definition) is 6. The average Bonchev–Trinajstić information content (AvgIpc) is 3.34. The molecule has 29 heavy (non-hydrogen) atoms. The Hall–Kier alpha value is -3.62. The molecule has 2 aromatic carbocycles. The van der Waals surface area contributed by atoms with E-state index in [2.05, 4.69) is 5.32 Å². The number of benzene rings is 2. The number of nitrogens with one attached hydrogen (secondary N) is 1. The van der Waals surface area contributed by atoms with E-state index in [0.717, 1.165) is 0 Å². The number of methoxy groups -OCH3 is 2. The zero-order chi connectivity index (χ0) is 20.4. The first-order chi connectivity index (χ1) is 14.1. The Bertz CT molecular complexity index is 948. The summed E-state index contributed by atoms with van der Waals surface area (Å²) in [6, 6.07) is 10.2. The third-order valence-corrected chi connectivity index (χ3v) is 4.76. The molecule has 1 saturated heterocycles. The second-order valence-corrected chi connectivity index (χ2v) is 6.51. The topological polar surface area (TPSA) is 89.6 Å². The van der Waals surface area contributed by atoms with Crippen LogP contribution < -0.4 is 29.2 Å². The first-order valence-electron chi connectivity index (χ1n) is 9.07. The maximum absolute atomic E-state index is 12.8. The van der Waals surface area contributed by atoms with Crippen molar-refractivity contribution in [2.45, 2.75) is 0 Å². The van der Waals surface area contributed by atoms with Crippen molar-refractivity contribution in [3.63, 3.8) is 0 Å². The Morgan fingerprint density at radius 2 is 1.83 bits per heavy atom. The molecule has 4 rings (SSSR count). The van der Waals surface area contributed by atoms with E-state index in [4.69, 9.17) is 18.9 Å². The summed E-state index contributed by atoms with van der Waals surface area (Å²) in [5.74, 6) is 2.06. The highest BCUT2D eigenvalue weighted by atomic mass is 16.7. The molecule has 0 bridgehead atoms. The maximum atomic E-state index is 12.8. The summed E-state index contributed by atoms with van der Waals surface area (Å²) in [5, 5.41) is 2.78. The molecule has 0 atom stereocenters. The van der Waals surface area contributed by atoms with Crippen LogP contribution in [0.5, 0.6) is 23.0 Å². The second-order valence-electron chi connectivity index (χ2n) is 6.51. The molecule has 0 aliphatic carbocycles. The van der Waals surface area contributed by atoms with Crippen molar-refractivity contribution < 1.29 is 28.5 Å². The molecule has 1 N–H and O–H groups in total. The lowest BCUT2D eigenvalue weighted by molar-refractivity contribution is -0.116. The van der Waals surface area contributed by atoms with Crippen LogP contribution in [-0.2, 0) is 4.79 Å². The summed E-state index contributed by atoms with van der Waals surface area (Å²) in [6.07, 6.45) is 0. The summed E-state index contributed by atoms with van der Waals surface area (Å²) in [6.45, 7) is 1.05. The zero-order valence-electron chi connectivity index (χ0n) is 16.1. The number of anilines is 2. The smallest absolute Gasteiger partial charge is 0.325 e. The molecule has 1 fully saturated rings. The fourth-order valence-corrected chi connectivity index (χ4v) is 3.31. The van der Waals surface area contributed by atoms with Crippen molar-refractivity contribution in [3.05, 3.63) is 36.4 Å². The van der Waals surface area contributed by atoms with E-state index >= 15 is 0 Å². The second kappa shape index (κ2) is 7.78. The predicted molar refractivity (Wildman–Crippen MR) is 105 cm³/mol. The molecular formula is C20H21N3O6. The molecule has 0 spiro atoms. The Balaban J connectivity index is 1.39. The van der Waals surface area contributed by atoms with Crippen LogP contribution >= 0.6 is 0 Å². The molecule has 2 aliphatic rings. The molecular weight excluding hydrogens is 378 g/mol. The Morgan fingerprint density at radius 3 is 2.62 bits per heavy atom. The van der Waals surface area contributed by atoms with Gasteiger partial charge in [0.1, 0.15) is 6.54 Å². The van der Waals surface area contributed by atoms with Crippen LogP contribution in [0.2, 0.25) is 0 Å². The molecule has 9 heteroatoms. The molecule has 0 unspecified atom stereocenters. The van der Waals surface area contributed by atoms with Crippen LogP contribution in [-0.4, -0.2) is 57.5 Å². The monoisotopic (exact) mass is 399 g/mol. The fourth-order valence-electron chi connectivity index (χ4n) is 3.31. The van der Waals surface area contributed by atoms with Gasteiger partial charge in [-0.25, -0.2) is 4.79 Å². The van der Waals surface area contributed by atoms with Crippen molar-refractivity contribution in [1.82, 2.24) is 4.90 Å². The average molecular weight is 399 g/mol. The van der Waals surface area contributed by atoms with Crippen molar-refractivity contribution >= 4 is 23.3 Å². The summed E-state index contributed by atoms with van der Waals surface area (Å²) < 4.78 is 21.1. The minimum atomic E-state index is -0.286. The maximum Gasteiger partial charge on any atom is 0.325 e. The van der Waals surface area contributed by atoms with Crippen LogP contribution in [0.15, 0.2) is 36.4 Å². The van der Waals surface area contributed by atoms with E-state index in [-0.39, 0.29) is 25.3 Å². The molecule has 0 saturated carbocycles. The van der Waals surface area contributed by atoms with E-state index in [0.29, 0.717) is 47.5 Å². The number of hydrogen-bond donors (Lipinski definition) is 1. The van der Waals surface area contributed by atoms with E-state index in [1.54, 1.807) is 55.5 Å². The van der Waals surface area contributed by atoms with Crippen LogP contribution in [0, 0.1) is 0 Å². The minimum Gasteiger partial charge on any atom is -0.493 e. The molecule has 9 nitrogen and oxygen atoms in total. The zero-order valence-corrected chi connectivity index (χ0v) is 16.1. The van der Waals surface area contributed by atoms with Gasteiger partial charge in [0.15, 0.2) is 23.0 Å². The largest absolute Gasteiger partial charge is 0.493 e. The number of amides is 3. The highest BCUT2D eigenvalue weighted by Crippen LogP contribution is 2.34. The van der Waals surface area contributed by atoms with Gasteiger partial charge in [0.05, 0.1) is 14.2 Å². The molecule has 2 heterocycles. The molecule has 3 amide bonds. The fraction of sp³-hybridized carbons (Fsp3) is 0.300. The molecule has 152 valence electrons. The normalized spacial score (nSPS) is 14.9. The Kier molecular flexibility index (Phi) is 5.03. The SMILES string of the molecule is COc1ccc(N2CCN(CC(=O)Nc3ccc4c(c3)OCO4)C2=O)cc1OC. The van der Waals surface area contributed by atoms with Crippen molar-refractivity contribution in [2.24, 2.45) is 0 Å². The van der Waals surface area contributed by atoms with E-state index in [9.17, 15) is 9.59 Å². The molecule has 2 aromatic rings. The minimum absolute atomic E-state index is 0.0446. The first-order valence-corrected chi connectivity index (χ1v) is 9.07. The van der Waals surface area contributed by atoms with E-state index in [1.165, 1.54) is 4.90 Å². The van der Waals surface area contributed by atoms with E-state index < -0.39 is 0 Å². The van der Waals surface area contributed by atoms with Gasteiger partial charge in [0.2, 0.25) is 12.7 Å². The Morgan fingerprint density at radius 1 is 1.03 bits per heavy atom. The van der Waals surface area contributed by atoms with Crippen LogP contribution in [0.1, 0.15) is 0 Å². The summed E-state index contributed by atoms with van der Waals surface area (Å²) in [5.41, 5.74) is 1.27. The van der Waals surface area contributed by atoms with Crippen molar-refractivity contribution in [3.8, 4) is 23.0 Å². The van der Waals surface area contributed by atoms with Gasteiger partial charge in [0.25, 0.3) is 0 Å². The van der Waals surface area contributed by atoms with Crippen LogP contribution in [0.3, 0.4) is 0 Å². The number of rotatable bonds is 6.